The summed E-state index contributed by atoms with van der Waals surface area (Å²) in [5.41, 5.74) is 5.49. The van der Waals surface area contributed by atoms with E-state index in [1.165, 1.54) is 0 Å². The molecule has 0 aromatic carbocycles. The lowest BCUT2D eigenvalue weighted by Crippen LogP contribution is -2.53. The van der Waals surface area contributed by atoms with E-state index >= 15 is 0 Å². The van der Waals surface area contributed by atoms with Gasteiger partial charge in [0.1, 0.15) is 0 Å². The molecule has 0 aliphatic carbocycles. The lowest BCUT2D eigenvalue weighted by atomic mass is 10.5. The number of nitrogens with two attached hydrogens (primary N) is 1. The number of hydrogen-bond acceptors (Lipinski definition) is 5. The van der Waals surface area contributed by atoms with Crippen molar-refractivity contribution in [3.05, 3.63) is 0 Å². The number of rotatable bonds is 12. The van der Waals surface area contributed by atoms with Gasteiger partial charge in [-0.25, -0.2) is 0 Å². The highest BCUT2D eigenvalue weighted by Gasteiger charge is 2.39. The van der Waals surface area contributed by atoms with Gasteiger partial charge in [0.15, 0.2) is 25.0 Å². The molecule has 5 nitrogen and oxygen atoms in total. The van der Waals surface area contributed by atoms with Crippen molar-refractivity contribution in [2.75, 3.05) is 19.4 Å². The Morgan fingerprint density at radius 2 is 1.35 bits per heavy atom. The van der Waals surface area contributed by atoms with Gasteiger partial charge in [0, 0.05) is 6.67 Å². The highest BCUT2D eigenvalue weighted by Crippen LogP contribution is 2.24. The lowest BCUT2D eigenvalue weighted by molar-refractivity contribution is 0.266. The van der Waals surface area contributed by atoms with Gasteiger partial charge in [0.2, 0.25) is 0 Å². The van der Waals surface area contributed by atoms with Crippen LogP contribution in [0.15, 0.2) is 0 Å². The molecule has 23 heavy (non-hydrogen) atoms. The minimum absolute atomic E-state index is 0.526. The van der Waals surface area contributed by atoms with Crippen molar-refractivity contribution in [3.63, 3.8) is 0 Å². The van der Waals surface area contributed by atoms with Crippen molar-refractivity contribution in [2.45, 2.75) is 71.4 Å². The predicted octanol–water partition coefficient (Wildman–Crippen LogP) is 3.42. The largest absolute Gasteiger partial charge is 0.454 e. The van der Waals surface area contributed by atoms with Crippen LogP contribution in [0.2, 0.25) is 65.0 Å². The summed E-state index contributed by atoms with van der Waals surface area (Å²) in [5, 5.41) is 3.18. The first-order valence-electron chi connectivity index (χ1n) is 8.63. The second kappa shape index (κ2) is 9.39. The summed E-state index contributed by atoms with van der Waals surface area (Å²) >= 11 is 0. The molecule has 0 aliphatic heterocycles. The highest BCUT2D eigenvalue weighted by molar-refractivity contribution is 6.85. The zero-order chi connectivity index (χ0) is 18.4. The Morgan fingerprint density at radius 3 is 1.78 bits per heavy atom. The monoisotopic (exact) mass is 396 g/mol. The Kier molecular flexibility index (Phi) is 9.66. The first-order chi connectivity index (χ1) is 10.2. The molecule has 1 atom stereocenters. The third-order valence-electron chi connectivity index (χ3n) is 2.96. The maximum absolute atomic E-state index is 6.51. The average molecular weight is 397 g/mol. The van der Waals surface area contributed by atoms with Crippen molar-refractivity contribution < 1.29 is 12.7 Å². The van der Waals surface area contributed by atoms with Crippen LogP contribution in [0.25, 0.3) is 0 Å². The molecule has 0 fully saturated rings. The average Bonchev–Trinajstić information content (AvgIpc) is 2.28. The molecule has 0 bridgehead atoms. The minimum atomic E-state index is -2.17. The van der Waals surface area contributed by atoms with Gasteiger partial charge in [-0.2, -0.15) is 0 Å². The molecule has 0 rings (SSSR count). The molecular formula is C14H40N2O3Si4. The zero-order valence-corrected chi connectivity index (χ0v) is 20.8. The van der Waals surface area contributed by atoms with Crippen molar-refractivity contribution >= 4 is 33.5 Å². The molecule has 0 heterocycles. The van der Waals surface area contributed by atoms with Gasteiger partial charge >= 0.3 is 8.56 Å². The Hall–Kier alpha value is 0.668. The summed E-state index contributed by atoms with van der Waals surface area (Å²) in [6.07, 6.45) is 1.77. The Morgan fingerprint density at radius 1 is 0.826 bits per heavy atom. The molecule has 1 unspecified atom stereocenters. The van der Waals surface area contributed by atoms with Crippen molar-refractivity contribution in [1.82, 2.24) is 5.32 Å². The van der Waals surface area contributed by atoms with Crippen LogP contribution in [0, 0.1) is 0 Å². The van der Waals surface area contributed by atoms with Crippen molar-refractivity contribution in [2.24, 2.45) is 5.73 Å². The van der Waals surface area contributed by atoms with Crippen LogP contribution >= 0.6 is 0 Å². The van der Waals surface area contributed by atoms with E-state index in [-0.39, 0.29) is 0 Å². The summed E-state index contributed by atoms with van der Waals surface area (Å²) in [5.74, 6) is 0. The van der Waals surface area contributed by atoms with E-state index in [9.17, 15) is 0 Å². The van der Waals surface area contributed by atoms with Crippen LogP contribution in [0.3, 0.4) is 0 Å². The fourth-order valence-electron chi connectivity index (χ4n) is 2.62. The lowest BCUT2D eigenvalue weighted by Gasteiger charge is -2.38. The number of hydrogen-bond donors (Lipinski definition) is 2. The van der Waals surface area contributed by atoms with Gasteiger partial charge in [-0.1, -0.05) is 0 Å². The normalized spacial score (nSPS) is 16.4. The molecule has 0 saturated carbocycles. The smallest absolute Gasteiger partial charge is 0.324 e. The molecule has 0 amide bonds. The fraction of sp³-hybridized carbons (Fsp3) is 1.00. The van der Waals surface area contributed by atoms with Crippen LogP contribution in [0.5, 0.6) is 0 Å². The first kappa shape index (κ1) is 23.7. The standard InChI is InChI=1S/C14H40N2O3Si4/c1-20(2,3)18-22(7,8)14-17-23(9,19-21(4,5)6)12-10-11-16-13-15/h16H,10-15H2,1-9H3. The molecule has 0 aromatic rings. The zero-order valence-electron chi connectivity index (χ0n) is 16.8. The van der Waals surface area contributed by atoms with E-state index in [0.717, 1.165) is 25.2 Å². The fourth-order valence-corrected chi connectivity index (χ4v) is 18.9. The Labute approximate surface area is 148 Å². The van der Waals surface area contributed by atoms with Gasteiger partial charge in [-0.15, -0.1) is 0 Å². The third-order valence-corrected chi connectivity index (χ3v) is 14.9. The topological polar surface area (TPSA) is 65.7 Å². The SMILES string of the molecule is C[Si](C)(C)O[Si](C)(C)CO[Si](C)(CCCNCN)O[Si](C)(C)C. The van der Waals surface area contributed by atoms with Crippen LogP contribution in [0.1, 0.15) is 6.42 Å². The second-order valence-corrected chi connectivity index (χ2v) is 25.9. The number of nitrogens with one attached hydrogen (secondary N) is 1. The van der Waals surface area contributed by atoms with Gasteiger partial charge in [-0.05, 0) is 77.9 Å². The van der Waals surface area contributed by atoms with Crippen LogP contribution in [-0.4, -0.2) is 53.0 Å². The van der Waals surface area contributed by atoms with E-state index < -0.39 is 33.5 Å². The summed E-state index contributed by atoms with van der Waals surface area (Å²) in [4.78, 5) is 0. The van der Waals surface area contributed by atoms with E-state index in [4.69, 9.17) is 18.4 Å². The molecule has 0 aliphatic rings. The van der Waals surface area contributed by atoms with Gasteiger partial charge in [-0.3, -0.25) is 0 Å². The summed E-state index contributed by atoms with van der Waals surface area (Å²) in [7, 11) is -7.13. The molecule has 0 aromatic heterocycles. The van der Waals surface area contributed by atoms with Gasteiger partial charge in [0.05, 0.1) is 6.23 Å². The van der Waals surface area contributed by atoms with Crippen molar-refractivity contribution in [1.29, 1.82) is 0 Å². The van der Waals surface area contributed by atoms with Crippen LogP contribution < -0.4 is 11.1 Å². The van der Waals surface area contributed by atoms with E-state index in [1.54, 1.807) is 0 Å². The third kappa shape index (κ3) is 13.6. The van der Waals surface area contributed by atoms with Gasteiger partial charge < -0.3 is 23.7 Å². The molecule has 0 saturated heterocycles. The molecule has 9 heteroatoms. The molecule has 140 valence electrons. The highest BCUT2D eigenvalue weighted by atomic mass is 28.4. The quantitative estimate of drug-likeness (QED) is 0.300. The Bertz CT molecular complexity index is 346. The van der Waals surface area contributed by atoms with Crippen LogP contribution in [0.4, 0.5) is 0 Å². The minimum Gasteiger partial charge on any atom is -0.454 e. The summed E-state index contributed by atoms with van der Waals surface area (Å²) < 4.78 is 19.3. The molecule has 0 radical (unpaired) electrons. The van der Waals surface area contributed by atoms with E-state index in [1.807, 2.05) is 0 Å². The van der Waals surface area contributed by atoms with E-state index in [0.29, 0.717) is 6.67 Å². The predicted molar refractivity (Wildman–Crippen MR) is 110 cm³/mol. The first-order valence-corrected chi connectivity index (χ1v) is 21.1. The van der Waals surface area contributed by atoms with Crippen molar-refractivity contribution in [3.8, 4) is 0 Å². The van der Waals surface area contributed by atoms with Gasteiger partial charge in [0.25, 0.3) is 0 Å². The maximum atomic E-state index is 6.51. The molecule has 0 spiro atoms. The second-order valence-electron chi connectivity index (χ2n) is 8.92. The van der Waals surface area contributed by atoms with Crippen LogP contribution in [-0.2, 0) is 12.7 Å². The van der Waals surface area contributed by atoms with E-state index in [2.05, 4.69) is 64.2 Å². The summed E-state index contributed by atoms with van der Waals surface area (Å²) in [6, 6.07) is 1.00. The molecular weight excluding hydrogens is 357 g/mol. The Balaban J connectivity index is 4.74. The molecule has 3 N–H and O–H groups in total. The maximum Gasteiger partial charge on any atom is 0.324 e. The summed E-state index contributed by atoms with van der Waals surface area (Å²) in [6.45, 7) is 21.6.